The molecule has 0 spiro atoms. The lowest BCUT2D eigenvalue weighted by atomic mass is 10.0. The second-order valence-corrected chi connectivity index (χ2v) is 11.4. The summed E-state index contributed by atoms with van der Waals surface area (Å²) in [6, 6.07) is 5.15. The van der Waals surface area contributed by atoms with E-state index < -0.39 is 18.1 Å². The van der Waals surface area contributed by atoms with Crippen molar-refractivity contribution in [1.29, 1.82) is 0 Å². The van der Waals surface area contributed by atoms with Gasteiger partial charge in [0.15, 0.2) is 0 Å². The summed E-state index contributed by atoms with van der Waals surface area (Å²) in [7, 11) is 7.79. The van der Waals surface area contributed by atoms with Gasteiger partial charge in [0.25, 0.3) is 11.1 Å². The van der Waals surface area contributed by atoms with Gasteiger partial charge in [0, 0.05) is 37.6 Å². The van der Waals surface area contributed by atoms with Gasteiger partial charge in [0.2, 0.25) is 0 Å². The van der Waals surface area contributed by atoms with E-state index in [0.717, 1.165) is 17.7 Å². The fourth-order valence-electron chi connectivity index (χ4n) is 4.29. The van der Waals surface area contributed by atoms with Crippen molar-refractivity contribution in [2.24, 2.45) is 11.8 Å². The van der Waals surface area contributed by atoms with Crippen molar-refractivity contribution in [3.8, 4) is 0 Å². The summed E-state index contributed by atoms with van der Waals surface area (Å²) in [6.07, 6.45) is 4.46. The first-order valence-corrected chi connectivity index (χ1v) is 13.8. The molecule has 0 fully saturated rings. The second kappa shape index (κ2) is 16.8. The molecule has 2 aromatic heterocycles. The molecule has 40 heavy (non-hydrogen) atoms. The number of hydrogen-bond donors (Lipinski definition) is 1. The summed E-state index contributed by atoms with van der Waals surface area (Å²) in [5.41, 5.74) is 1.49. The predicted molar refractivity (Wildman–Crippen MR) is 157 cm³/mol. The van der Waals surface area contributed by atoms with E-state index in [-0.39, 0.29) is 23.0 Å². The lowest BCUT2D eigenvalue weighted by Crippen LogP contribution is -2.32. The van der Waals surface area contributed by atoms with Gasteiger partial charge in [-0.15, -0.1) is 0 Å². The molecule has 224 valence electrons. The Balaban J connectivity index is 0.000000402. The van der Waals surface area contributed by atoms with Crippen LogP contribution in [0.25, 0.3) is 0 Å². The number of nitrogens with zero attached hydrogens (tertiary/aromatic N) is 4. The van der Waals surface area contributed by atoms with Gasteiger partial charge in [-0.05, 0) is 70.9 Å². The lowest BCUT2D eigenvalue weighted by Gasteiger charge is -2.21. The summed E-state index contributed by atoms with van der Waals surface area (Å²) in [6.45, 7) is 11.4. The lowest BCUT2D eigenvalue weighted by molar-refractivity contribution is -0.147. The van der Waals surface area contributed by atoms with E-state index in [1.807, 2.05) is 65.7 Å². The number of pyridine rings is 2. The molecule has 2 atom stereocenters. The maximum absolute atomic E-state index is 12.2. The van der Waals surface area contributed by atoms with Gasteiger partial charge in [0.05, 0.1) is 6.61 Å². The maximum Gasteiger partial charge on any atom is 0.329 e. The molecule has 0 saturated carbocycles. The minimum Gasteiger partial charge on any atom is -0.480 e. The van der Waals surface area contributed by atoms with E-state index in [4.69, 9.17) is 4.74 Å². The first kappa shape index (κ1) is 34.8. The summed E-state index contributed by atoms with van der Waals surface area (Å²) >= 11 is 0. The van der Waals surface area contributed by atoms with Crippen LogP contribution < -0.4 is 11.1 Å². The zero-order valence-electron chi connectivity index (χ0n) is 25.6. The Bertz CT molecular complexity index is 1200. The second-order valence-electron chi connectivity index (χ2n) is 11.4. The SMILES string of the molecule is CC(C)CC(C(=O)O)n1cc(CN(C)C)ccc1=O.CCOC(=O)C(CC(C)C)n1cc(CN(C)C)ccc1=O. The number of carbonyl (C=O) groups excluding carboxylic acids is 1. The molecular formula is C30H48N4O6. The minimum atomic E-state index is -0.960. The molecule has 2 unspecified atom stereocenters. The van der Waals surface area contributed by atoms with Gasteiger partial charge in [-0.1, -0.05) is 39.8 Å². The molecule has 0 bridgehead atoms. The number of aromatic nitrogens is 2. The van der Waals surface area contributed by atoms with Crippen LogP contribution >= 0.6 is 0 Å². The fourth-order valence-corrected chi connectivity index (χ4v) is 4.29. The van der Waals surface area contributed by atoms with Crippen LogP contribution in [0.5, 0.6) is 0 Å². The highest BCUT2D eigenvalue weighted by atomic mass is 16.5. The Morgan fingerprint density at radius 1 is 0.775 bits per heavy atom. The number of hydrogen-bond acceptors (Lipinski definition) is 7. The number of esters is 1. The third kappa shape index (κ3) is 11.9. The molecule has 1 N–H and O–H groups in total. The number of carboxylic acid groups (broad SMARTS) is 1. The fraction of sp³-hybridized carbons (Fsp3) is 0.600. The van der Waals surface area contributed by atoms with Gasteiger partial charge in [0.1, 0.15) is 12.1 Å². The van der Waals surface area contributed by atoms with Gasteiger partial charge < -0.3 is 28.8 Å². The Morgan fingerprint density at radius 3 is 1.52 bits per heavy atom. The largest absolute Gasteiger partial charge is 0.480 e. The van der Waals surface area contributed by atoms with Crippen molar-refractivity contribution in [2.75, 3.05) is 34.8 Å². The third-order valence-corrected chi connectivity index (χ3v) is 5.90. The number of carbonyl (C=O) groups is 2. The van der Waals surface area contributed by atoms with E-state index in [9.17, 15) is 24.3 Å². The van der Waals surface area contributed by atoms with Crippen molar-refractivity contribution >= 4 is 11.9 Å². The average molecular weight is 561 g/mol. The first-order valence-electron chi connectivity index (χ1n) is 13.8. The van der Waals surface area contributed by atoms with Crippen LogP contribution in [0.3, 0.4) is 0 Å². The Morgan fingerprint density at radius 2 is 1.18 bits per heavy atom. The number of carboxylic acids is 1. The highest BCUT2D eigenvalue weighted by Crippen LogP contribution is 2.19. The van der Waals surface area contributed by atoms with Gasteiger partial charge in [-0.2, -0.15) is 0 Å². The van der Waals surface area contributed by atoms with Crippen LogP contribution in [0.2, 0.25) is 0 Å². The molecule has 0 aliphatic rings. The van der Waals surface area contributed by atoms with Crippen molar-refractivity contribution < 1.29 is 19.4 Å². The van der Waals surface area contributed by atoms with Crippen molar-refractivity contribution in [3.63, 3.8) is 0 Å². The van der Waals surface area contributed by atoms with Crippen molar-refractivity contribution in [1.82, 2.24) is 18.9 Å². The maximum atomic E-state index is 12.2. The highest BCUT2D eigenvalue weighted by molar-refractivity contribution is 5.74. The Kier molecular flexibility index (Phi) is 14.6. The quantitative estimate of drug-likeness (QED) is 0.370. The number of rotatable bonds is 13. The predicted octanol–water partition coefficient (Wildman–Crippen LogP) is 3.64. The highest BCUT2D eigenvalue weighted by Gasteiger charge is 2.24. The normalized spacial score (nSPS) is 12.8. The number of ether oxygens (including phenoxy) is 1. The van der Waals surface area contributed by atoms with E-state index in [1.54, 1.807) is 31.5 Å². The van der Waals surface area contributed by atoms with Crippen LogP contribution in [0, 0.1) is 11.8 Å². The molecule has 0 aromatic carbocycles. The third-order valence-electron chi connectivity index (χ3n) is 5.90. The van der Waals surface area contributed by atoms with Crippen molar-refractivity contribution in [2.45, 2.75) is 72.6 Å². The average Bonchev–Trinajstić information content (AvgIpc) is 2.83. The molecule has 2 rings (SSSR count). The van der Waals surface area contributed by atoms with Gasteiger partial charge >= 0.3 is 11.9 Å². The van der Waals surface area contributed by atoms with E-state index in [2.05, 4.69) is 0 Å². The minimum absolute atomic E-state index is 0.170. The van der Waals surface area contributed by atoms with E-state index in [0.29, 0.717) is 31.9 Å². The van der Waals surface area contributed by atoms with E-state index in [1.165, 1.54) is 21.3 Å². The summed E-state index contributed by atoms with van der Waals surface area (Å²) < 4.78 is 7.97. The topological polar surface area (TPSA) is 114 Å². The molecule has 0 saturated heterocycles. The zero-order valence-corrected chi connectivity index (χ0v) is 25.6. The smallest absolute Gasteiger partial charge is 0.329 e. The molecule has 0 radical (unpaired) electrons. The van der Waals surface area contributed by atoms with E-state index >= 15 is 0 Å². The van der Waals surface area contributed by atoms with Crippen LogP contribution in [-0.2, 0) is 27.4 Å². The zero-order chi connectivity index (χ0) is 30.6. The molecule has 2 aromatic rings. The van der Waals surface area contributed by atoms with Crippen LogP contribution in [-0.4, -0.2) is 70.8 Å². The molecular weight excluding hydrogens is 512 g/mol. The van der Waals surface area contributed by atoms with Crippen molar-refractivity contribution in [3.05, 3.63) is 68.5 Å². The van der Waals surface area contributed by atoms with Gasteiger partial charge in [-0.3, -0.25) is 9.59 Å². The first-order chi connectivity index (χ1) is 18.7. The van der Waals surface area contributed by atoms with Crippen LogP contribution in [0.15, 0.2) is 46.2 Å². The monoisotopic (exact) mass is 560 g/mol. The van der Waals surface area contributed by atoms with Gasteiger partial charge in [-0.25, -0.2) is 9.59 Å². The Labute approximate surface area is 238 Å². The standard InChI is InChI=1S/C16H26N2O3.C14H22N2O3/c1-6-21-16(20)14(9-12(2)3)18-11-13(10-17(4)5)7-8-15(18)19;1-10(2)7-12(14(18)19)16-9-11(8-15(3)4)5-6-13(16)17/h7-8,11-12,14H,6,9-10H2,1-5H3;5-6,9-10,12H,7-8H2,1-4H3,(H,18,19). The molecule has 10 heteroatoms. The molecule has 0 aliphatic carbocycles. The molecule has 2 heterocycles. The summed E-state index contributed by atoms with van der Waals surface area (Å²) in [5.74, 6) is -0.789. The molecule has 10 nitrogen and oxygen atoms in total. The summed E-state index contributed by atoms with van der Waals surface area (Å²) in [4.78, 5) is 51.5. The molecule has 0 amide bonds. The van der Waals surface area contributed by atoms with Crippen LogP contribution in [0.4, 0.5) is 0 Å². The summed E-state index contributed by atoms with van der Waals surface area (Å²) in [5, 5.41) is 9.30. The number of aliphatic carboxylic acids is 1. The Hall–Kier alpha value is -3.24. The van der Waals surface area contributed by atoms with Crippen LogP contribution in [0.1, 0.15) is 70.7 Å². The molecule has 0 aliphatic heterocycles.